The van der Waals surface area contributed by atoms with Gasteiger partial charge >= 0.3 is 0 Å². The molecule has 1 aliphatic heterocycles. The summed E-state index contributed by atoms with van der Waals surface area (Å²) in [6.45, 7) is 3.10. The molecule has 28 heavy (non-hydrogen) atoms. The molecule has 0 spiro atoms. The lowest BCUT2D eigenvalue weighted by molar-refractivity contribution is 0.171. The minimum atomic E-state index is 0.156. The number of hydrogen-bond donors (Lipinski definition) is 0. The Morgan fingerprint density at radius 1 is 1.00 bits per heavy atom. The second kappa shape index (κ2) is 9.00. The molecular weight excluding hydrogens is 414 g/mol. The number of piperidine rings is 1. The third-order valence-corrected chi connectivity index (χ3v) is 7.53. The highest BCUT2D eigenvalue weighted by molar-refractivity contribution is 9.10. The molecule has 2 aliphatic rings. The fraction of sp³-hybridized carbons (Fsp3) is 0.609. The van der Waals surface area contributed by atoms with Crippen LogP contribution < -0.4 is 5.56 Å². The quantitative estimate of drug-likeness (QED) is 0.654. The molecule has 2 fully saturated rings. The van der Waals surface area contributed by atoms with Gasteiger partial charge in [-0.3, -0.25) is 14.4 Å². The summed E-state index contributed by atoms with van der Waals surface area (Å²) in [7, 11) is 2.07. The zero-order valence-electron chi connectivity index (χ0n) is 16.9. The van der Waals surface area contributed by atoms with Crippen molar-refractivity contribution in [1.82, 2.24) is 14.3 Å². The van der Waals surface area contributed by atoms with E-state index in [0.717, 1.165) is 48.6 Å². The third-order valence-electron chi connectivity index (χ3n) is 6.73. The Hall–Kier alpha value is -1.33. The van der Waals surface area contributed by atoms with E-state index in [0.29, 0.717) is 6.04 Å². The Kier molecular flexibility index (Phi) is 6.42. The minimum absolute atomic E-state index is 0.156. The fourth-order valence-electron chi connectivity index (χ4n) is 5.05. The average Bonchev–Trinajstić information content (AvgIpc) is 2.94. The van der Waals surface area contributed by atoms with Gasteiger partial charge in [-0.15, -0.1) is 0 Å². The smallest absolute Gasteiger partial charge is 0.281 e. The van der Waals surface area contributed by atoms with Crippen molar-refractivity contribution in [3.05, 3.63) is 56.4 Å². The monoisotopic (exact) mass is 445 g/mol. The summed E-state index contributed by atoms with van der Waals surface area (Å²) < 4.78 is 4.92. The Morgan fingerprint density at radius 2 is 1.68 bits per heavy atom. The number of halogens is 1. The maximum absolute atomic E-state index is 12.9. The molecule has 1 saturated carbocycles. The van der Waals surface area contributed by atoms with Crippen LogP contribution in [0.5, 0.6) is 0 Å². The number of nitrogens with zero attached hydrogens (tertiary/aromatic N) is 3. The lowest BCUT2D eigenvalue weighted by Gasteiger charge is -2.32. The van der Waals surface area contributed by atoms with Crippen LogP contribution in [-0.4, -0.2) is 27.4 Å². The first-order valence-electron chi connectivity index (χ1n) is 10.9. The van der Waals surface area contributed by atoms with Gasteiger partial charge in [-0.25, -0.2) is 4.68 Å². The van der Waals surface area contributed by atoms with Gasteiger partial charge in [-0.1, -0.05) is 49.6 Å². The number of rotatable bonds is 5. The average molecular weight is 446 g/mol. The first kappa shape index (κ1) is 20.0. The standard InChI is InChI=1S/C23H32BrN3O/c1-25-21(22(24)23(28)27(25)20-10-6-3-7-11-20)17-26-14-12-19(13-15-26)16-18-8-4-2-5-9-18/h2,4-5,8-9,19-20H,3,6-7,10-17H2,1H3. The normalized spacial score (nSPS) is 19.9. The highest BCUT2D eigenvalue weighted by Gasteiger charge is 2.26. The Morgan fingerprint density at radius 3 is 2.36 bits per heavy atom. The second-order valence-corrected chi connectivity index (χ2v) is 9.43. The minimum Gasteiger partial charge on any atom is -0.297 e. The first-order chi connectivity index (χ1) is 13.6. The number of likely N-dealkylation sites (tertiary alicyclic amines) is 1. The van der Waals surface area contributed by atoms with E-state index in [1.54, 1.807) is 0 Å². The summed E-state index contributed by atoms with van der Waals surface area (Å²) in [5.41, 5.74) is 2.75. The van der Waals surface area contributed by atoms with Crippen LogP contribution in [0.3, 0.4) is 0 Å². The van der Waals surface area contributed by atoms with E-state index in [1.165, 1.54) is 44.1 Å². The molecule has 1 aromatic carbocycles. The van der Waals surface area contributed by atoms with Gasteiger partial charge in [-0.2, -0.15) is 0 Å². The Labute approximate surface area is 176 Å². The predicted octanol–water partition coefficient (Wildman–Crippen LogP) is 4.91. The molecule has 1 saturated heterocycles. The summed E-state index contributed by atoms with van der Waals surface area (Å²) in [4.78, 5) is 15.4. The molecule has 2 aromatic rings. The van der Waals surface area contributed by atoms with E-state index in [1.807, 2.05) is 4.68 Å². The molecular formula is C23H32BrN3O. The summed E-state index contributed by atoms with van der Waals surface area (Å²) >= 11 is 3.62. The second-order valence-electron chi connectivity index (χ2n) is 8.64. The zero-order valence-corrected chi connectivity index (χ0v) is 18.5. The van der Waals surface area contributed by atoms with Crippen LogP contribution in [-0.2, 0) is 20.0 Å². The molecule has 0 unspecified atom stereocenters. The van der Waals surface area contributed by atoms with Crippen molar-refractivity contribution in [1.29, 1.82) is 0 Å². The molecule has 1 aromatic heterocycles. The van der Waals surface area contributed by atoms with E-state index in [9.17, 15) is 4.79 Å². The number of benzene rings is 1. The van der Waals surface area contributed by atoms with Gasteiger partial charge < -0.3 is 0 Å². The summed E-state index contributed by atoms with van der Waals surface area (Å²) in [5.74, 6) is 0.776. The van der Waals surface area contributed by atoms with Gasteiger partial charge in [0.2, 0.25) is 0 Å². The van der Waals surface area contributed by atoms with E-state index in [-0.39, 0.29) is 5.56 Å². The van der Waals surface area contributed by atoms with Crippen LogP contribution >= 0.6 is 15.9 Å². The molecule has 152 valence electrons. The lowest BCUT2D eigenvalue weighted by Crippen LogP contribution is -2.35. The van der Waals surface area contributed by atoms with Crippen molar-refractivity contribution in [2.75, 3.05) is 13.1 Å². The number of aromatic nitrogens is 2. The zero-order chi connectivity index (χ0) is 19.5. The first-order valence-corrected chi connectivity index (χ1v) is 11.6. The van der Waals surface area contributed by atoms with Crippen LogP contribution in [0.1, 0.15) is 62.2 Å². The van der Waals surface area contributed by atoms with Crippen molar-refractivity contribution in [2.45, 2.75) is 64.0 Å². The number of hydrogen-bond acceptors (Lipinski definition) is 2. The Balaban J connectivity index is 1.39. The summed E-state index contributed by atoms with van der Waals surface area (Å²) in [6, 6.07) is 11.2. The lowest BCUT2D eigenvalue weighted by atomic mass is 9.90. The molecule has 5 heteroatoms. The van der Waals surface area contributed by atoms with Crippen LogP contribution in [0, 0.1) is 5.92 Å². The largest absolute Gasteiger partial charge is 0.297 e. The third kappa shape index (κ3) is 4.30. The van der Waals surface area contributed by atoms with Gasteiger partial charge in [0.05, 0.1) is 11.7 Å². The van der Waals surface area contributed by atoms with Crippen molar-refractivity contribution < 1.29 is 0 Å². The highest BCUT2D eigenvalue weighted by atomic mass is 79.9. The molecule has 2 heterocycles. The van der Waals surface area contributed by atoms with Gasteiger partial charge in [-0.05, 0) is 72.6 Å². The van der Waals surface area contributed by atoms with Gasteiger partial charge in [0.25, 0.3) is 5.56 Å². The molecule has 0 radical (unpaired) electrons. The van der Waals surface area contributed by atoms with Gasteiger partial charge in [0.15, 0.2) is 0 Å². The topological polar surface area (TPSA) is 30.2 Å². The van der Waals surface area contributed by atoms with Crippen LogP contribution in [0.2, 0.25) is 0 Å². The summed E-state index contributed by atoms with van der Waals surface area (Å²) in [6.07, 6.45) is 9.72. The summed E-state index contributed by atoms with van der Waals surface area (Å²) in [5, 5.41) is 0. The maximum atomic E-state index is 12.9. The maximum Gasteiger partial charge on any atom is 0.281 e. The molecule has 0 bridgehead atoms. The van der Waals surface area contributed by atoms with Gasteiger partial charge in [0.1, 0.15) is 4.47 Å². The molecule has 0 amide bonds. The molecule has 4 nitrogen and oxygen atoms in total. The van der Waals surface area contributed by atoms with Crippen LogP contribution in [0.15, 0.2) is 39.6 Å². The SMILES string of the molecule is Cn1c(CN2CCC(Cc3ccccc3)CC2)c(Br)c(=O)n1C1CCCCC1. The predicted molar refractivity (Wildman–Crippen MR) is 118 cm³/mol. The molecule has 0 atom stereocenters. The van der Waals surface area contributed by atoms with E-state index in [4.69, 9.17) is 0 Å². The van der Waals surface area contributed by atoms with E-state index in [2.05, 4.69) is 62.9 Å². The fourth-order valence-corrected chi connectivity index (χ4v) is 5.61. The van der Waals surface area contributed by atoms with Crippen molar-refractivity contribution in [3.8, 4) is 0 Å². The van der Waals surface area contributed by atoms with Crippen LogP contribution in [0.25, 0.3) is 0 Å². The van der Waals surface area contributed by atoms with Crippen LogP contribution in [0.4, 0.5) is 0 Å². The van der Waals surface area contributed by atoms with Crippen molar-refractivity contribution >= 4 is 15.9 Å². The highest BCUT2D eigenvalue weighted by Crippen LogP contribution is 2.29. The van der Waals surface area contributed by atoms with Crippen molar-refractivity contribution in [2.24, 2.45) is 13.0 Å². The van der Waals surface area contributed by atoms with E-state index >= 15 is 0 Å². The molecule has 1 aliphatic carbocycles. The Bertz CT molecular complexity index is 828. The van der Waals surface area contributed by atoms with Gasteiger partial charge in [0, 0.05) is 13.6 Å². The molecule has 0 N–H and O–H groups in total. The molecule has 4 rings (SSSR count). The van der Waals surface area contributed by atoms with Crippen molar-refractivity contribution in [3.63, 3.8) is 0 Å². The van der Waals surface area contributed by atoms with E-state index < -0.39 is 0 Å².